The molecule has 6 nitrogen and oxygen atoms in total. The van der Waals surface area contributed by atoms with Crippen LogP contribution in [0.3, 0.4) is 0 Å². The van der Waals surface area contributed by atoms with Crippen LogP contribution in [0.5, 0.6) is 0 Å². The first-order chi connectivity index (χ1) is 13.9. The lowest BCUT2D eigenvalue weighted by Crippen LogP contribution is -3.28. The Bertz CT molecular complexity index is 889. The molecule has 2 amide bonds. The van der Waals surface area contributed by atoms with Gasteiger partial charge in [0, 0.05) is 6.07 Å². The molecule has 154 valence electrons. The maximum atomic E-state index is 13.6. The van der Waals surface area contributed by atoms with Crippen molar-refractivity contribution < 1.29 is 28.2 Å². The molecule has 0 atom stereocenters. The molecule has 9 heteroatoms. The molecule has 1 saturated heterocycles. The van der Waals surface area contributed by atoms with Gasteiger partial charge in [0.1, 0.15) is 37.8 Å². The van der Waals surface area contributed by atoms with Gasteiger partial charge in [0.2, 0.25) is 0 Å². The summed E-state index contributed by atoms with van der Waals surface area (Å²) in [6, 6.07) is 10.1. The Kier molecular flexibility index (Phi) is 7.13. The number of quaternary nitrogens is 2. The number of carbonyl (C=O) groups is 2. The number of hydrogen-bond acceptors (Lipinski definition) is 2. The number of carbonyl (C=O) groups excluding carboxylic acids is 2. The van der Waals surface area contributed by atoms with Crippen LogP contribution in [-0.4, -0.2) is 51.1 Å². The Balaban J connectivity index is 1.41. The van der Waals surface area contributed by atoms with Crippen LogP contribution in [0.4, 0.5) is 20.2 Å². The van der Waals surface area contributed by atoms with Crippen molar-refractivity contribution in [2.45, 2.75) is 0 Å². The minimum absolute atomic E-state index is 0.0312. The number of hydrogen-bond donors (Lipinski definition) is 4. The molecule has 2 aromatic carbocycles. The fourth-order valence-corrected chi connectivity index (χ4v) is 3.49. The summed E-state index contributed by atoms with van der Waals surface area (Å²) >= 11 is 6.05. The average molecular weight is 425 g/mol. The predicted molar refractivity (Wildman–Crippen MR) is 106 cm³/mol. The van der Waals surface area contributed by atoms with Gasteiger partial charge >= 0.3 is 0 Å². The van der Waals surface area contributed by atoms with E-state index in [1.165, 1.54) is 6.07 Å². The minimum Gasteiger partial charge on any atom is -0.320 e. The highest BCUT2D eigenvalue weighted by molar-refractivity contribution is 6.33. The number of piperazine rings is 1. The van der Waals surface area contributed by atoms with Gasteiger partial charge in [-0.3, -0.25) is 9.59 Å². The van der Waals surface area contributed by atoms with Gasteiger partial charge in [-0.15, -0.1) is 0 Å². The molecule has 0 aromatic heterocycles. The lowest BCUT2D eigenvalue weighted by Gasteiger charge is -2.29. The van der Waals surface area contributed by atoms with Gasteiger partial charge in [0.25, 0.3) is 11.8 Å². The number of halogens is 3. The zero-order valence-corrected chi connectivity index (χ0v) is 16.5. The van der Waals surface area contributed by atoms with Crippen LogP contribution in [0.25, 0.3) is 0 Å². The van der Waals surface area contributed by atoms with Gasteiger partial charge in [0.15, 0.2) is 13.1 Å². The van der Waals surface area contributed by atoms with Crippen molar-refractivity contribution in [3.63, 3.8) is 0 Å². The summed E-state index contributed by atoms with van der Waals surface area (Å²) in [6.07, 6.45) is 0. The van der Waals surface area contributed by atoms with Crippen molar-refractivity contribution in [1.82, 2.24) is 0 Å². The largest absolute Gasteiger partial charge is 0.320 e. The predicted octanol–water partition coefficient (Wildman–Crippen LogP) is -0.0212. The number of nitrogens with one attached hydrogen (secondary N) is 4. The van der Waals surface area contributed by atoms with Crippen LogP contribution in [0, 0.1) is 11.6 Å². The topological polar surface area (TPSA) is 67.1 Å². The summed E-state index contributed by atoms with van der Waals surface area (Å²) in [5.74, 6) is -1.93. The fraction of sp³-hybridized carbons (Fsp3) is 0.300. The van der Waals surface area contributed by atoms with E-state index in [4.69, 9.17) is 11.6 Å². The van der Waals surface area contributed by atoms with E-state index in [1.54, 1.807) is 24.3 Å². The summed E-state index contributed by atoms with van der Waals surface area (Å²) in [7, 11) is 0. The second kappa shape index (κ2) is 9.78. The molecule has 29 heavy (non-hydrogen) atoms. The van der Waals surface area contributed by atoms with Crippen molar-refractivity contribution in [2.75, 3.05) is 49.9 Å². The third-order valence-electron chi connectivity index (χ3n) is 4.84. The standard InChI is InChI=1S/C20H21ClF2N4O2/c21-15-3-1-2-4-17(15)24-19(28)12-26-7-9-27(10-8-26)13-20(29)25-18-6-5-14(22)11-16(18)23/h1-6,11H,7-10,12-13H2,(H,24,28)(H,25,29)/p+2. The van der Waals surface area contributed by atoms with E-state index in [-0.39, 0.29) is 24.0 Å². The van der Waals surface area contributed by atoms with Gasteiger partial charge in [-0.25, -0.2) is 8.78 Å². The number of rotatable bonds is 6. The van der Waals surface area contributed by atoms with Crippen molar-refractivity contribution in [2.24, 2.45) is 0 Å². The maximum absolute atomic E-state index is 13.6. The molecule has 2 aromatic rings. The highest BCUT2D eigenvalue weighted by atomic mass is 35.5. The summed E-state index contributed by atoms with van der Waals surface area (Å²) in [6.45, 7) is 3.43. The lowest BCUT2D eigenvalue weighted by molar-refractivity contribution is -1.00. The van der Waals surface area contributed by atoms with Crippen LogP contribution in [0.1, 0.15) is 0 Å². The van der Waals surface area contributed by atoms with Gasteiger partial charge < -0.3 is 20.4 Å². The van der Waals surface area contributed by atoms with E-state index in [9.17, 15) is 18.4 Å². The van der Waals surface area contributed by atoms with E-state index < -0.39 is 11.6 Å². The van der Waals surface area contributed by atoms with E-state index in [0.717, 1.165) is 35.0 Å². The Morgan fingerprint density at radius 1 is 0.862 bits per heavy atom. The van der Waals surface area contributed by atoms with Gasteiger partial charge in [-0.2, -0.15) is 0 Å². The Hall–Kier alpha value is -2.55. The van der Waals surface area contributed by atoms with Crippen molar-refractivity contribution >= 4 is 34.8 Å². The second-order valence-corrected chi connectivity index (χ2v) is 7.46. The first kappa shape index (κ1) is 21.2. The second-order valence-electron chi connectivity index (χ2n) is 7.05. The number of para-hydroxylation sites is 1. The van der Waals surface area contributed by atoms with Crippen LogP contribution in [0.2, 0.25) is 5.02 Å². The fourth-order valence-electron chi connectivity index (χ4n) is 3.31. The molecule has 1 aliphatic rings. The highest BCUT2D eigenvalue weighted by Crippen LogP contribution is 2.19. The van der Waals surface area contributed by atoms with Crippen molar-refractivity contribution in [3.05, 3.63) is 59.1 Å². The highest BCUT2D eigenvalue weighted by Gasteiger charge is 2.26. The lowest BCUT2D eigenvalue weighted by atomic mass is 10.2. The molecule has 0 bridgehead atoms. The molecule has 3 rings (SSSR count). The van der Waals surface area contributed by atoms with Crippen LogP contribution in [0.15, 0.2) is 42.5 Å². The molecule has 1 fully saturated rings. The van der Waals surface area contributed by atoms with E-state index in [1.807, 2.05) is 0 Å². The molecular weight excluding hydrogens is 402 g/mol. The molecule has 0 unspecified atom stereocenters. The third-order valence-corrected chi connectivity index (χ3v) is 5.17. The normalized spacial score (nSPS) is 18.9. The molecule has 0 radical (unpaired) electrons. The van der Waals surface area contributed by atoms with Gasteiger partial charge in [-0.1, -0.05) is 23.7 Å². The number of amides is 2. The summed E-state index contributed by atoms with van der Waals surface area (Å²) in [5, 5.41) is 5.78. The quantitative estimate of drug-likeness (QED) is 0.526. The molecule has 1 aliphatic heterocycles. The summed E-state index contributed by atoms with van der Waals surface area (Å²) in [5.41, 5.74) is 0.559. The molecule has 4 N–H and O–H groups in total. The zero-order valence-electron chi connectivity index (χ0n) is 15.7. The number of anilines is 2. The van der Waals surface area contributed by atoms with Crippen molar-refractivity contribution in [1.29, 1.82) is 0 Å². The maximum Gasteiger partial charge on any atom is 0.279 e. The zero-order chi connectivity index (χ0) is 20.8. The Labute approximate surface area is 172 Å². The van der Waals surface area contributed by atoms with Crippen LogP contribution < -0.4 is 20.4 Å². The molecule has 0 aliphatic carbocycles. The Morgan fingerprint density at radius 3 is 1.97 bits per heavy atom. The van der Waals surface area contributed by atoms with Gasteiger partial charge in [0.05, 0.1) is 16.4 Å². The average Bonchev–Trinajstić information content (AvgIpc) is 2.67. The molecular formula is C20H23ClF2N4O2+2. The number of benzene rings is 2. The van der Waals surface area contributed by atoms with Crippen LogP contribution >= 0.6 is 11.6 Å². The van der Waals surface area contributed by atoms with E-state index in [2.05, 4.69) is 10.6 Å². The first-order valence-corrected chi connectivity index (χ1v) is 9.75. The molecule has 0 saturated carbocycles. The first-order valence-electron chi connectivity index (χ1n) is 9.37. The van der Waals surface area contributed by atoms with E-state index in [0.29, 0.717) is 30.3 Å². The molecule has 0 spiro atoms. The summed E-state index contributed by atoms with van der Waals surface area (Å²) in [4.78, 5) is 26.5. The smallest absolute Gasteiger partial charge is 0.279 e. The van der Waals surface area contributed by atoms with Crippen molar-refractivity contribution in [3.8, 4) is 0 Å². The molecule has 1 heterocycles. The Morgan fingerprint density at radius 2 is 1.41 bits per heavy atom. The van der Waals surface area contributed by atoms with Gasteiger partial charge in [-0.05, 0) is 24.3 Å². The summed E-state index contributed by atoms with van der Waals surface area (Å²) < 4.78 is 26.6. The third kappa shape index (κ3) is 6.22. The minimum atomic E-state index is -0.799. The monoisotopic (exact) mass is 424 g/mol. The van der Waals surface area contributed by atoms with E-state index >= 15 is 0 Å². The SMILES string of the molecule is O=C(C[NH+]1CC[NH+](CC(=O)Nc2ccccc2Cl)CC1)Nc1ccc(F)cc1F. The van der Waals surface area contributed by atoms with Crippen LogP contribution in [-0.2, 0) is 9.59 Å².